The monoisotopic (exact) mass is 353 g/mol. The van der Waals surface area contributed by atoms with Crippen LogP contribution >= 0.6 is 0 Å². The number of likely N-dealkylation sites (N-methyl/N-ethyl adjacent to an activating group) is 1. The Morgan fingerprint density at radius 1 is 1.27 bits per heavy atom. The van der Waals surface area contributed by atoms with Gasteiger partial charge >= 0.3 is 0 Å². The first-order chi connectivity index (χ1) is 12.4. The van der Waals surface area contributed by atoms with Crippen LogP contribution < -0.4 is 4.90 Å². The molecule has 0 spiro atoms. The third kappa shape index (κ3) is 4.43. The molecule has 1 atom stereocenters. The number of hydrogen-bond acceptors (Lipinski definition) is 3. The van der Waals surface area contributed by atoms with Gasteiger partial charge in [0.15, 0.2) is 0 Å². The Hall–Kier alpha value is -2.36. The summed E-state index contributed by atoms with van der Waals surface area (Å²) in [5, 5.41) is 0. The van der Waals surface area contributed by atoms with Crippen molar-refractivity contribution in [2.24, 2.45) is 10.9 Å². The molecule has 0 aliphatic carbocycles. The van der Waals surface area contributed by atoms with Crippen molar-refractivity contribution in [2.45, 2.75) is 40.5 Å². The van der Waals surface area contributed by atoms with Gasteiger partial charge in [-0.25, -0.2) is 0 Å². The van der Waals surface area contributed by atoms with Gasteiger partial charge in [-0.3, -0.25) is 9.79 Å². The van der Waals surface area contributed by atoms with E-state index in [2.05, 4.69) is 56.4 Å². The van der Waals surface area contributed by atoms with Crippen LogP contribution in [0.4, 0.5) is 5.69 Å². The van der Waals surface area contributed by atoms with Crippen LogP contribution in [0.15, 0.2) is 52.8 Å². The number of aliphatic imine (C=N–C) groups is 1. The van der Waals surface area contributed by atoms with Gasteiger partial charge in [0.1, 0.15) is 0 Å². The SMILES string of the molecule is C=C(C)N=CC1=C(C(C)CC)N(C)CCN(c2ccc(CC)cc2)C1=O. The van der Waals surface area contributed by atoms with E-state index >= 15 is 0 Å². The van der Waals surface area contributed by atoms with Gasteiger partial charge in [-0.1, -0.05) is 39.5 Å². The molecule has 4 nitrogen and oxygen atoms in total. The second-order valence-corrected chi connectivity index (χ2v) is 7.00. The summed E-state index contributed by atoms with van der Waals surface area (Å²) in [5.74, 6) is 0.303. The van der Waals surface area contributed by atoms with Crippen LogP contribution in [-0.4, -0.2) is 37.2 Å². The summed E-state index contributed by atoms with van der Waals surface area (Å²) in [4.78, 5) is 21.8. The molecular formula is C22H31N3O. The van der Waals surface area contributed by atoms with Crippen LogP contribution in [0.1, 0.15) is 39.7 Å². The first kappa shape index (κ1) is 20.0. The van der Waals surface area contributed by atoms with Crippen LogP contribution in [0.25, 0.3) is 0 Å². The van der Waals surface area contributed by atoms with E-state index in [-0.39, 0.29) is 11.8 Å². The van der Waals surface area contributed by atoms with Gasteiger partial charge in [-0.05, 0) is 43.4 Å². The van der Waals surface area contributed by atoms with Crippen molar-refractivity contribution < 1.29 is 4.79 Å². The lowest BCUT2D eigenvalue weighted by Crippen LogP contribution is -2.34. The fourth-order valence-corrected chi connectivity index (χ4v) is 3.22. The number of carbonyl (C=O) groups is 1. The van der Waals surface area contributed by atoms with E-state index in [0.29, 0.717) is 17.8 Å². The maximum atomic E-state index is 13.4. The van der Waals surface area contributed by atoms with Gasteiger partial charge < -0.3 is 9.80 Å². The van der Waals surface area contributed by atoms with Crippen molar-refractivity contribution in [3.8, 4) is 0 Å². The fraction of sp³-hybridized carbons (Fsp3) is 0.455. The maximum Gasteiger partial charge on any atom is 0.261 e. The lowest BCUT2D eigenvalue weighted by atomic mass is 9.98. The quantitative estimate of drug-likeness (QED) is 0.709. The minimum Gasteiger partial charge on any atom is -0.375 e. The molecule has 1 aromatic carbocycles. The Morgan fingerprint density at radius 2 is 1.92 bits per heavy atom. The Kier molecular flexibility index (Phi) is 6.78. The molecule has 0 saturated carbocycles. The Morgan fingerprint density at radius 3 is 2.46 bits per heavy atom. The highest BCUT2D eigenvalue weighted by molar-refractivity contribution is 6.19. The number of rotatable bonds is 6. The third-order valence-electron chi connectivity index (χ3n) is 4.97. The number of allylic oxidation sites excluding steroid dienone is 2. The highest BCUT2D eigenvalue weighted by atomic mass is 16.2. The van der Waals surface area contributed by atoms with Crippen LogP contribution in [0.5, 0.6) is 0 Å². The van der Waals surface area contributed by atoms with Gasteiger partial charge in [0, 0.05) is 43.4 Å². The van der Waals surface area contributed by atoms with E-state index in [0.717, 1.165) is 30.8 Å². The Bertz CT molecular complexity index is 715. The van der Waals surface area contributed by atoms with Crippen molar-refractivity contribution in [3.05, 3.63) is 53.4 Å². The van der Waals surface area contributed by atoms with E-state index in [1.54, 1.807) is 6.21 Å². The molecule has 0 bridgehead atoms. The van der Waals surface area contributed by atoms with Crippen LogP contribution in [0, 0.1) is 5.92 Å². The molecule has 26 heavy (non-hydrogen) atoms. The minimum atomic E-state index is 0.0129. The molecule has 1 aliphatic rings. The number of benzene rings is 1. The fourth-order valence-electron chi connectivity index (χ4n) is 3.22. The predicted molar refractivity (Wildman–Crippen MR) is 111 cm³/mol. The smallest absolute Gasteiger partial charge is 0.261 e. The zero-order valence-corrected chi connectivity index (χ0v) is 16.7. The lowest BCUT2D eigenvalue weighted by molar-refractivity contribution is -0.114. The molecule has 140 valence electrons. The van der Waals surface area contributed by atoms with E-state index in [4.69, 9.17) is 0 Å². The minimum absolute atomic E-state index is 0.0129. The second kappa shape index (κ2) is 8.84. The molecule has 1 heterocycles. The number of nitrogens with zero attached hydrogens (tertiary/aromatic N) is 3. The van der Waals surface area contributed by atoms with Crippen molar-refractivity contribution in [1.29, 1.82) is 0 Å². The van der Waals surface area contributed by atoms with Crippen molar-refractivity contribution in [1.82, 2.24) is 4.90 Å². The summed E-state index contributed by atoms with van der Waals surface area (Å²) >= 11 is 0. The van der Waals surface area contributed by atoms with Crippen molar-refractivity contribution >= 4 is 17.8 Å². The van der Waals surface area contributed by atoms with Gasteiger partial charge in [-0.15, -0.1) is 0 Å². The molecule has 0 saturated heterocycles. The maximum absolute atomic E-state index is 13.4. The highest BCUT2D eigenvalue weighted by Gasteiger charge is 2.29. The Balaban J connectivity index is 2.51. The number of carbonyl (C=O) groups excluding carboxylic acids is 1. The van der Waals surface area contributed by atoms with Crippen LogP contribution in [-0.2, 0) is 11.2 Å². The van der Waals surface area contributed by atoms with E-state index < -0.39 is 0 Å². The first-order valence-electron chi connectivity index (χ1n) is 9.44. The molecule has 1 aromatic rings. The van der Waals surface area contributed by atoms with Crippen molar-refractivity contribution in [2.75, 3.05) is 25.0 Å². The zero-order valence-electron chi connectivity index (χ0n) is 16.7. The standard InChI is InChI=1S/C22H31N3O/c1-7-17(5)21-20(15-23-16(3)4)22(26)25(14-13-24(21)6)19-11-9-18(8-2)10-12-19/h9-12,15,17H,3,7-8,13-14H2,1-2,4-6H3. The normalized spacial score (nSPS) is 17.0. The van der Waals surface area contributed by atoms with E-state index in [1.165, 1.54) is 5.56 Å². The van der Waals surface area contributed by atoms with Crippen molar-refractivity contribution in [3.63, 3.8) is 0 Å². The molecule has 0 aromatic heterocycles. The Labute approximate surface area is 157 Å². The molecule has 1 amide bonds. The summed E-state index contributed by atoms with van der Waals surface area (Å²) < 4.78 is 0. The summed E-state index contributed by atoms with van der Waals surface area (Å²) in [5.41, 5.74) is 4.64. The number of anilines is 1. The number of hydrogen-bond donors (Lipinski definition) is 0. The molecule has 0 fully saturated rings. The molecule has 0 N–H and O–H groups in total. The molecule has 1 aliphatic heterocycles. The van der Waals surface area contributed by atoms with Crippen LogP contribution in [0.3, 0.4) is 0 Å². The summed E-state index contributed by atoms with van der Waals surface area (Å²) in [6, 6.07) is 8.27. The largest absolute Gasteiger partial charge is 0.375 e. The average molecular weight is 354 g/mol. The zero-order chi connectivity index (χ0) is 19.3. The van der Waals surface area contributed by atoms with Gasteiger partial charge in [0.05, 0.1) is 5.57 Å². The van der Waals surface area contributed by atoms with Crippen LogP contribution in [0.2, 0.25) is 0 Å². The summed E-state index contributed by atoms with van der Waals surface area (Å²) in [7, 11) is 2.06. The third-order valence-corrected chi connectivity index (χ3v) is 4.97. The molecule has 2 rings (SSSR count). The second-order valence-electron chi connectivity index (χ2n) is 7.00. The molecular weight excluding hydrogens is 322 g/mol. The average Bonchev–Trinajstić information content (AvgIpc) is 2.76. The predicted octanol–water partition coefficient (Wildman–Crippen LogP) is 4.43. The molecule has 1 unspecified atom stereocenters. The number of amides is 1. The highest BCUT2D eigenvalue weighted by Crippen LogP contribution is 2.27. The van der Waals surface area contributed by atoms with Gasteiger partial charge in [-0.2, -0.15) is 0 Å². The molecule has 0 radical (unpaired) electrons. The first-order valence-corrected chi connectivity index (χ1v) is 9.44. The summed E-state index contributed by atoms with van der Waals surface area (Å²) in [6.07, 6.45) is 3.66. The topological polar surface area (TPSA) is 35.9 Å². The van der Waals surface area contributed by atoms with Gasteiger partial charge in [0.25, 0.3) is 5.91 Å². The van der Waals surface area contributed by atoms with E-state index in [9.17, 15) is 4.79 Å². The number of aryl methyl sites for hydroxylation is 1. The lowest BCUT2D eigenvalue weighted by Gasteiger charge is -2.26. The van der Waals surface area contributed by atoms with Gasteiger partial charge in [0.2, 0.25) is 0 Å². The molecule has 4 heteroatoms. The summed E-state index contributed by atoms with van der Waals surface area (Å²) in [6.45, 7) is 13.6. The van der Waals surface area contributed by atoms with E-state index in [1.807, 2.05) is 24.0 Å².